The van der Waals surface area contributed by atoms with Gasteiger partial charge in [0.05, 0.1) is 0 Å². The summed E-state index contributed by atoms with van der Waals surface area (Å²) in [6.45, 7) is 2.76. The maximum Gasteiger partial charge on any atom is 0.255 e. The van der Waals surface area contributed by atoms with Gasteiger partial charge in [-0.2, -0.15) is 0 Å². The Morgan fingerprint density at radius 3 is 2.33 bits per heavy atom. The number of carbonyl (C=O) groups is 1. The molecule has 30 heavy (non-hydrogen) atoms. The Bertz CT molecular complexity index is 1110. The zero-order valence-electron chi connectivity index (χ0n) is 17.1. The second-order valence-electron chi connectivity index (χ2n) is 7.40. The molecule has 0 atom stereocenters. The van der Waals surface area contributed by atoms with Crippen LogP contribution in [0.15, 0.2) is 91.3 Å². The number of aromatic nitrogens is 2. The van der Waals surface area contributed by atoms with Crippen LogP contribution in [0.1, 0.15) is 32.9 Å². The number of hydrogen-bond acceptors (Lipinski definition) is 2. The number of amides is 1. The van der Waals surface area contributed by atoms with Gasteiger partial charge >= 0.3 is 0 Å². The first-order valence-electron chi connectivity index (χ1n) is 10.2. The number of carbonyl (C=O) groups excluding carboxylic acids is 1. The van der Waals surface area contributed by atoms with E-state index in [0.717, 1.165) is 47.6 Å². The van der Waals surface area contributed by atoms with E-state index in [2.05, 4.69) is 27.0 Å². The molecular weight excluding hydrogens is 370 g/mol. The summed E-state index contributed by atoms with van der Waals surface area (Å²) < 4.78 is 2.09. The summed E-state index contributed by atoms with van der Waals surface area (Å²) in [5.41, 5.74) is 5.02. The first-order valence-corrected chi connectivity index (χ1v) is 10.2. The second-order valence-corrected chi connectivity index (χ2v) is 7.40. The van der Waals surface area contributed by atoms with Gasteiger partial charge in [0.2, 0.25) is 0 Å². The summed E-state index contributed by atoms with van der Waals surface area (Å²) in [5.74, 6) is 0.913. The summed E-state index contributed by atoms with van der Waals surface area (Å²) in [5, 5.41) is 3.04. The van der Waals surface area contributed by atoms with Crippen molar-refractivity contribution < 1.29 is 4.79 Å². The number of rotatable bonds is 7. The van der Waals surface area contributed by atoms with Gasteiger partial charge in [0.1, 0.15) is 5.82 Å². The van der Waals surface area contributed by atoms with Crippen LogP contribution in [0, 0.1) is 6.92 Å². The molecule has 4 heteroatoms. The molecule has 0 saturated carbocycles. The van der Waals surface area contributed by atoms with Crippen LogP contribution in [-0.4, -0.2) is 15.5 Å². The third-order valence-electron chi connectivity index (χ3n) is 5.28. The third-order valence-corrected chi connectivity index (χ3v) is 5.28. The van der Waals surface area contributed by atoms with E-state index in [0.29, 0.717) is 0 Å². The van der Waals surface area contributed by atoms with Crippen LogP contribution < -0.4 is 5.32 Å². The van der Waals surface area contributed by atoms with Crippen molar-refractivity contribution in [2.75, 3.05) is 5.32 Å². The van der Waals surface area contributed by atoms with Crippen LogP contribution in [0.3, 0.4) is 0 Å². The van der Waals surface area contributed by atoms with Crippen LogP contribution in [0.2, 0.25) is 0 Å². The molecule has 4 aromatic rings. The Labute approximate surface area is 177 Å². The van der Waals surface area contributed by atoms with Crippen LogP contribution >= 0.6 is 0 Å². The number of imidazole rings is 1. The van der Waals surface area contributed by atoms with Crippen molar-refractivity contribution in [1.82, 2.24) is 9.55 Å². The quantitative estimate of drug-likeness (QED) is 0.463. The molecule has 4 rings (SSSR count). The predicted molar refractivity (Wildman–Crippen MR) is 121 cm³/mol. The molecule has 1 aromatic heterocycles. The van der Waals surface area contributed by atoms with Gasteiger partial charge in [0.15, 0.2) is 0 Å². The molecular formula is C26H25N3O. The molecule has 0 aliphatic rings. The smallest absolute Gasteiger partial charge is 0.255 e. The van der Waals surface area contributed by atoms with Crippen molar-refractivity contribution in [2.45, 2.75) is 26.3 Å². The molecule has 0 fully saturated rings. The highest BCUT2D eigenvalue weighted by Gasteiger charge is 2.11. The SMILES string of the molecule is Cc1nccn1Cc1ccc(NC(=O)c2ccccc2CCc2ccccc2)cc1. The lowest BCUT2D eigenvalue weighted by Crippen LogP contribution is -2.14. The zero-order chi connectivity index (χ0) is 20.8. The number of nitrogens with zero attached hydrogens (tertiary/aromatic N) is 2. The molecule has 0 aliphatic heterocycles. The van der Waals surface area contributed by atoms with E-state index in [4.69, 9.17) is 0 Å². The van der Waals surface area contributed by atoms with Crippen molar-refractivity contribution in [3.8, 4) is 0 Å². The van der Waals surface area contributed by atoms with Crippen molar-refractivity contribution in [1.29, 1.82) is 0 Å². The van der Waals surface area contributed by atoms with Gasteiger partial charge < -0.3 is 9.88 Å². The monoisotopic (exact) mass is 395 g/mol. The lowest BCUT2D eigenvalue weighted by Gasteiger charge is -2.11. The molecule has 0 aliphatic carbocycles. The average Bonchev–Trinajstić information content (AvgIpc) is 3.19. The first kappa shape index (κ1) is 19.6. The van der Waals surface area contributed by atoms with E-state index < -0.39 is 0 Å². The summed E-state index contributed by atoms with van der Waals surface area (Å²) in [6, 6.07) is 26.2. The topological polar surface area (TPSA) is 46.9 Å². The Morgan fingerprint density at radius 2 is 1.60 bits per heavy atom. The molecule has 0 unspecified atom stereocenters. The Morgan fingerprint density at radius 1 is 0.867 bits per heavy atom. The first-order chi connectivity index (χ1) is 14.7. The highest BCUT2D eigenvalue weighted by Crippen LogP contribution is 2.17. The predicted octanol–water partition coefficient (Wildman–Crippen LogP) is 5.28. The minimum atomic E-state index is -0.0723. The molecule has 1 N–H and O–H groups in total. The van der Waals surface area contributed by atoms with E-state index in [1.807, 2.05) is 79.9 Å². The molecule has 1 heterocycles. The Kier molecular flexibility index (Phi) is 6.04. The van der Waals surface area contributed by atoms with Crippen molar-refractivity contribution in [3.05, 3.63) is 119 Å². The minimum Gasteiger partial charge on any atom is -0.331 e. The van der Waals surface area contributed by atoms with E-state index >= 15 is 0 Å². The largest absolute Gasteiger partial charge is 0.331 e. The van der Waals surface area contributed by atoms with Crippen LogP contribution in [0.5, 0.6) is 0 Å². The van der Waals surface area contributed by atoms with Crippen molar-refractivity contribution in [2.24, 2.45) is 0 Å². The summed E-state index contributed by atoms with van der Waals surface area (Å²) >= 11 is 0. The lowest BCUT2D eigenvalue weighted by molar-refractivity contribution is 0.102. The van der Waals surface area contributed by atoms with Gasteiger partial charge in [-0.1, -0.05) is 60.7 Å². The van der Waals surface area contributed by atoms with Gasteiger partial charge in [-0.3, -0.25) is 4.79 Å². The number of benzene rings is 3. The normalized spacial score (nSPS) is 10.7. The van der Waals surface area contributed by atoms with Crippen LogP contribution in [-0.2, 0) is 19.4 Å². The van der Waals surface area contributed by atoms with Gasteiger partial charge in [0, 0.05) is 30.2 Å². The Hall–Kier alpha value is -3.66. The van der Waals surface area contributed by atoms with Crippen LogP contribution in [0.4, 0.5) is 5.69 Å². The number of hydrogen-bond donors (Lipinski definition) is 1. The van der Waals surface area contributed by atoms with E-state index in [1.165, 1.54) is 5.56 Å². The van der Waals surface area contributed by atoms with Crippen molar-refractivity contribution >= 4 is 11.6 Å². The zero-order valence-corrected chi connectivity index (χ0v) is 17.1. The van der Waals surface area contributed by atoms with Crippen molar-refractivity contribution in [3.63, 3.8) is 0 Å². The molecule has 3 aromatic carbocycles. The molecule has 150 valence electrons. The van der Waals surface area contributed by atoms with E-state index in [1.54, 1.807) is 6.20 Å². The third kappa shape index (κ3) is 4.84. The summed E-state index contributed by atoms with van der Waals surface area (Å²) in [7, 11) is 0. The fourth-order valence-electron chi connectivity index (χ4n) is 3.54. The molecule has 0 spiro atoms. The maximum atomic E-state index is 12.9. The minimum absolute atomic E-state index is 0.0723. The fourth-order valence-corrected chi connectivity index (χ4v) is 3.54. The molecule has 0 radical (unpaired) electrons. The molecule has 0 saturated heterocycles. The molecule has 4 nitrogen and oxygen atoms in total. The maximum absolute atomic E-state index is 12.9. The number of nitrogens with one attached hydrogen (secondary N) is 1. The van der Waals surface area contributed by atoms with E-state index in [-0.39, 0.29) is 5.91 Å². The number of anilines is 1. The molecule has 1 amide bonds. The average molecular weight is 396 g/mol. The number of aryl methyl sites for hydroxylation is 3. The summed E-state index contributed by atoms with van der Waals surface area (Å²) in [6.07, 6.45) is 5.51. The lowest BCUT2D eigenvalue weighted by atomic mass is 9.99. The second kappa shape index (κ2) is 9.23. The Balaban J connectivity index is 1.42. The van der Waals surface area contributed by atoms with Gasteiger partial charge in [-0.15, -0.1) is 0 Å². The highest BCUT2D eigenvalue weighted by molar-refractivity contribution is 6.05. The van der Waals surface area contributed by atoms with Gasteiger partial charge in [-0.25, -0.2) is 4.98 Å². The van der Waals surface area contributed by atoms with Gasteiger partial charge in [0.25, 0.3) is 5.91 Å². The van der Waals surface area contributed by atoms with E-state index in [9.17, 15) is 4.79 Å². The standard InChI is InChI=1S/C26H25N3O/c1-20-27-17-18-29(20)19-22-12-15-24(16-13-22)28-26(30)25-10-6-5-9-23(25)14-11-21-7-3-2-4-8-21/h2-10,12-13,15-18H,11,14,19H2,1H3,(H,28,30). The summed E-state index contributed by atoms with van der Waals surface area (Å²) in [4.78, 5) is 17.2. The highest BCUT2D eigenvalue weighted by atomic mass is 16.1. The van der Waals surface area contributed by atoms with Crippen LogP contribution in [0.25, 0.3) is 0 Å². The molecule has 0 bridgehead atoms. The van der Waals surface area contributed by atoms with Gasteiger partial charge in [-0.05, 0) is 54.7 Å². The fraction of sp³-hybridized carbons (Fsp3) is 0.154.